The number of rotatable bonds is 2. The van der Waals surface area contributed by atoms with Crippen molar-refractivity contribution in [1.29, 1.82) is 5.41 Å². The monoisotopic (exact) mass is 216 g/mol. The van der Waals surface area contributed by atoms with Gasteiger partial charge in [0, 0.05) is 11.1 Å². The third-order valence-corrected chi connectivity index (χ3v) is 3.78. The Morgan fingerprint density at radius 2 is 1.75 bits per heavy atom. The van der Waals surface area contributed by atoms with Crippen molar-refractivity contribution in [2.45, 2.75) is 32.1 Å². The predicted octanol–water partition coefficient (Wildman–Crippen LogP) is 2.66. The second-order valence-corrected chi connectivity index (χ2v) is 4.82. The van der Waals surface area contributed by atoms with Gasteiger partial charge in [0.2, 0.25) is 0 Å². The second-order valence-electron chi connectivity index (χ2n) is 4.82. The normalized spacial score (nSPS) is 19.4. The Hall–Kier alpha value is -1.15. The molecule has 0 amide bonds. The molecule has 0 aliphatic carbocycles. The van der Waals surface area contributed by atoms with Crippen molar-refractivity contribution in [2.75, 3.05) is 13.1 Å². The van der Waals surface area contributed by atoms with E-state index in [2.05, 4.69) is 36.5 Å². The third kappa shape index (κ3) is 1.90. The fourth-order valence-electron chi connectivity index (χ4n) is 2.61. The first-order chi connectivity index (χ1) is 7.65. The molecular formula is C14H20N2. The Bertz CT molecular complexity index is 372. The van der Waals surface area contributed by atoms with Gasteiger partial charge in [0.15, 0.2) is 0 Å². The summed E-state index contributed by atoms with van der Waals surface area (Å²) in [7, 11) is 0. The van der Waals surface area contributed by atoms with E-state index in [0.717, 1.165) is 31.6 Å². The quantitative estimate of drug-likeness (QED) is 0.732. The Kier molecular flexibility index (Phi) is 3.10. The van der Waals surface area contributed by atoms with E-state index in [9.17, 15) is 0 Å². The van der Waals surface area contributed by atoms with Crippen LogP contribution in [0.15, 0.2) is 24.3 Å². The number of piperidine rings is 1. The van der Waals surface area contributed by atoms with Crippen LogP contribution in [-0.4, -0.2) is 18.8 Å². The summed E-state index contributed by atoms with van der Waals surface area (Å²) in [4.78, 5) is 0. The zero-order valence-corrected chi connectivity index (χ0v) is 10.1. The van der Waals surface area contributed by atoms with Crippen LogP contribution in [0.25, 0.3) is 0 Å². The molecule has 16 heavy (non-hydrogen) atoms. The number of aryl methyl sites for hydroxylation is 1. The summed E-state index contributed by atoms with van der Waals surface area (Å²) in [5.74, 6) is 0. The topological polar surface area (TPSA) is 35.9 Å². The van der Waals surface area contributed by atoms with E-state index in [1.54, 1.807) is 0 Å². The SMILES string of the molecule is CC(=N)C1(c2ccc(C)cc2)CCNCC1. The first kappa shape index (κ1) is 11.3. The van der Waals surface area contributed by atoms with Gasteiger partial charge < -0.3 is 10.7 Å². The largest absolute Gasteiger partial charge is 0.317 e. The zero-order valence-electron chi connectivity index (χ0n) is 10.1. The lowest BCUT2D eigenvalue weighted by atomic mass is 9.70. The summed E-state index contributed by atoms with van der Waals surface area (Å²) in [6.07, 6.45) is 2.09. The average Bonchev–Trinajstić information content (AvgIpc) is 2.30. The van der Waals surface area contributed by atoms with E-state index in [0.29, 0.717) is 0 Å². The maximum absolute atomic E-state index is 8.10. The molecule has 1 heterocycles. The first-order valence-corrected chi connectivity index (χ1v) is 5.99. The Balaban J connectivity index is 2.38. The molecule has 1 saturated heterocycles. The lowest BCUT2D eigenvalue weighted by Crippen LogP contribution is -2.44. The molecule has 2 heteroatoms. The van der Waals surface area contributed by atoms with Crippen molar-refractivity contribution < 1.29 is 0 Å². The van der Waals surface area contributed by atoms with Crippen LogP contribution < -0.4 is 5.32 Å². The summed E-state index contributed by atoms with van der Waals surface area (Å²) in [5.41, 5.74) is 3.39. The van der Waals surface area contributed by atoms with E-state index in [4.69, 9.17) is 5.41 Å². The average molecular weight is 216 g/mol. The van der Waals surface area contributed by atoms with Gasteiger partial charge in [-0.05, 0) is 45.3 Å². The summed E-state index contributed by atoms with van der Waals surface area (Å²) in [6, 6.07) is 8.70. The molecule has 0 bridgehead atoms. The van der Waals surface area contributed by atoms with Crippen molar-refractivity contribution >= 4 is 5.71 Å². The minimum absolute atomic E-state index is 0.0149. The summed E-state index contributed by atoms with van der Waals surface area (Å²) < 4.78 is 0. The predicted molar refractivity (Wildman–Crippen MR) is 68.4 cm³/mol. The fourth-order valence-corrected chi connectivity index (χ4v) is 2.61. The number of benzene rings is 1. The van der Waals surface area contributed by atoms with Crippen LogP contribution >= 0.6 is 0 Å². The number of hydrogen-bond acceptors (Lipinski definition) is 2. The summed E-state index contributed by atoms with van der Waals surface area (Å²) in [6.45, 7) is 6.09. The van der Waals surface area contributed by atoms with Crippen LogP contribution in [0.2, 0.25) is 0 Å². The molecule has 2 rings (SSSR count). The Labute approximate surface area is 97.6 Å². The van der Waals surface area contributed by atoms with Gasteiger partial charge in [-0.25, -0.2) is 0 Å². The van der Waals surface area contributed by atoms with Gasteiger partial charge in [0.25, 0.3) is 0 Å². The van der Waals surface area contributed by atoms with Crippen LogP contribution in [0.3, 0.4) is 0 Å². The molecule has 1 aromatic carbocycles. The second kappa shape index (κ2) is 4.38. The number of hydrogen-bond donors (Lipinski definition) is 2. The third-order valence-electron chi connectivity index (χ3n) is 3.78. The van der Waals surface area contributed by atoms with Crippen LogP contribution in [-0.2, 0) is 5.41 Å². The fraction of sp³-hybridized carbons (Fsp3) is 0.500. The minimum Gasteiger partial charge on any atom is -0.317 e. The van der Waals surface area contributed by atoms with Gasteiger partial charge in [-0.1, -0.05) is 29.8 Å². The van der Waals surface area contributed by atoms with Crippen molar-refractivity contribution in [3.05, 3.63) is 35.4 Å². The Morgan fingerprint density at radius 1 is 1.19 bits per heavy atom. The van der Waals surface area contributed by atoms with E-state index in [1.807, 2.05) is 6.92 Å². The van der Waals surface area contributed by atoms with Crippen LogP contribution in [0.4, 0.5) is 0 Å². The van der Waals surface area contributed by atoms with Crippen molar-refractivity contribution in [3.8, 4) is 0 Å². The van der Waals surface area contributed by atoms with E-state index < -0.39 is 0 Å². The van der Waals surface area contributed by atoms with Gasteiger partial charge in [-0.3, -0.25) is 0 Å². The maximum atomic E-state index is 8.10. The van der Waals surface area contributed by atoms with Crippen LogP contribution in [0.1, 0.15) is 30.9 Å². The maximum Gasteiger partial charge on any atom is 0.0350 e. The van der Waals surface area contributed by atoms with Crippen molar-refractivity contribution in [1.82, 2.24) is 5.32 Å². The molecule has 1 fully saturated rings. The van der Waals surface area contributed by atoms with Crippen LogP contribution in [0, 0.1) is 12.3 Å². The summed E-state index contributed by atoms with van der Waals surface area (Å²) >= 11 is 0. The smallest absolute Gasteiger partial charge is 0.0350 e. The van der Waals surface area contributed by atoms with Gasteiger partial charge in [-0.15, -0.1) is 0 Å². The molecule has 2 N–H and O–H groups in total. The molecule has 1 aliphatic rings. The molecular weight excluding hydrogens is 196 g/mol. The van der Waals surface area contributed by atoms with Gasteiger partial charge >= 0.3 is 0 Å². The molecule has 0 unspecified atom stereocenters. The van der Waals surface area contributed by atoms with E-state index in [1.165, 1.54) is 11.1 Å². The first-order valence-electron chi connectivity index (χ1n) is 5.99. The highest BCUT2D eigenvalue weighted by molar-refractivity contribution is 5.90. The molecule has 0 spiro atoms. The minimum atomic E-state index is -0.0149. The molecule has 86 valence electrons. The standard InChI is InChI=1S/C14H20N2/c1-11-3-5-13(6-4-11)14(12(2)15)7-9-16-10-8-14/h3-6,15-16H,7-10H2,1-2H3. The molecule has 1 aliphatic heterocycles. The highest BCUT2D eigenvalue weighted by Gasteiger charge is 2.35. The van der Waals surface area contributed by atoms with E-state index >= 15 is 0 Å². The lowest BCUT2D eigenvalue weighted by molar-refractivity contribution is 0.394. The molecule has 1 aromatic rings. The highest BCUT2D eigenvalue weighted by Crippen LogP contribution is 2.34. The molecule has 0 aromatic heterocycles. The highest BCUT2D eigenvalue weighted by atomic mass is 14.9. The zero-order chi connectivity index (χ0) is 11.6. The molecule has 0 atom stereocenters. The Morgan fingerprint density at radius 3 is 2.25 bits per heavy atom. The van der Waals surface area contributed by atoms with Crippen molar-refractivity contribution in [2.24, 2.45) is 0 Å². The summed E-state index contributed by atoms with van der Waals surface area (Å²) in [5, 5.41) is 11.5. The van der Waals surface area contributed by atoms with Gasteiger partial charge in [0.1, 0.15) is 0 Å². The van der Waals surface area contributed by atoms with Crippen molar-refractivity contribution in [3.63, 3.8) is 0 Å². The van der Waals surface area contributed by atoms with Gasteiger partial charge in [0.05, 0.1) is 0 Å². The molecule has 0 saturated carbocycles. The molecule has 0 radical (unpaired) electrons. The van der Waals surface area contributed by atoms with Gasteiger partial charge in [-0.2, -0.15) is 0 Å². The molecule has 2 nitrogen and oxygen atoms in total. The van der Waals surface area contributed by atoms with Crippen LogP contribution in [0.5, 0.6) is 0 Å². The lowest BCUT2D eigenvalue weighted by Gasteiger charge is -2.37. The van der Waals surface area contributed by atoms with E-state index in [-0.39, 0.29) is 5.41 Å². The number of nitrogens with one attached hydrogen (secondary N) is 2.